The second-order valence-corrected chi connectivity index (χ2v) is 8.35. The molecule has 1 aromatic carbocycles. The Hall–Kier alpha value is -0.910. The van der Waals surface area contributed by atoms with Crippen molar-refractivity contribution in [3.8, 4) is 0 Å². The van der Waals surface area contributed by atoms with Crippen molar-refractivity contribution in [2.24, 2.45) is 5.41 Å². The highest BCUT2D eigenvalue weighted by Crippen LogP contribution is 2.34. The molecule has 1 heterocycles. The summed E-state index contributed by atoms with van der Waals surface area (Å²) in [5.74, 6) is 0. The molecule has 0 saturated carbocycles. The molecule has 0 atom stereocenters. The number of hydrogen-bond acceptors (Lipinski definition) is 3. The van der Waals surface area contributed by atoms with Crippen molar-refractivity contribution in [1.82, 2.24) is 4.31 Å². The Morgan fingerprint density at radius 1 is 1.30 bits per heavy atom. The first kappa shape index (κ1) is 15.5. The van der Waals surface area contributed by atoms with Crippen LogP contribution in [0.4, 0.5) is 0 Å². The maximum Gasteiger partial charge on any atom is 0.243 e. The molecule has 2 rings (SSSR count). The van der Waals surface area contributed by atoms with Gasteiger partial charge >= 0.3 is 0 Å². The number of rotatable bonds is 3. The van der Waals surface area contributed by atoms with Gasteiger partial charge in [0.25, 0.3) is 0 Å². The first-order valence-corrected chi connectivity index (χ1v) is 8.32. The molecular weight excluding hydrogens is 274 g/mol. The number of aryl methyl sites for hydroxylation is 1. The van der Waals surface area contributed by atoms with Crippen LogP contribution in [-0.4, -0.2) is 30.9 Å². The summed E-state index contributed by atoms with van der Waals surface area (Å²) in [6.07, 6.45) is 0.879. The maximum absolute atomic E-state index is 12.8. The first-order valence-electron chi connectivity index (χ1n) is 6.88. The van der Waals surface area contributed by atoms with Gasteiger partial charge in [-0.1, -0.05) is 19.9 Å². The van der Waals surface area contributed by atoms with Crippen molar-refractivity contribution < 1.29 is 13.5 Å². The lowest BCUT2D eigenvalue weighted by Gasteiger charge is -2.21. The van der Waals surface area contributed by atoms with Crippen LogP contribution in [0.5, 0.6) is 0 Å². The van der Waals surface area contributed by atoms with E-state index in [1.807, 2.05) is 19.9 Å². The molecule has 0 bridgehead atoms. The van der Waals surface area contributed by atoms with E-state index in [1.54, 1.807) is 10.4 Å². The Kier molecular flexibility index (Phi) is 3.97. The van der Waals surface area contributed by atoms with Crippen LogP contribution < -0.4 is 0 Å². The number of aliphatic hydroxyl groups excluding tert-OH is 1. The van der Waals surface area contributed by atoms with E-state index in [4.69, 9.17) is 0 Å². The molecule has 0 radical (unpaired) electrons. The summed E-state index contributed by atoms with van der Waals surface area (Å²) in [6, 6.07) is 3.44. The summed E-state index contributed by atoms with van der Waals surface area (Å²) in [5, 5.41) is 9.28. The van der Waals surface area contributed by atoms with Crippen LogP contribution >= 0.6 is 0 Å². The van der Waals surface area contributed by atoms with Crippen molar-refractivity contribution in [3.63, 3.8) is 0 Å². The van der Waals surface area contributed by atoms with Crippen molar-refractivity contribution in [3.05, 3.63) is 28.8 Å². The fourth-order valence-electron chi connectivity index (χ4n) is 2.67. The molecule has 0 amide bonds. The van der Waals surface area contributed by atoms with Gasteiger partial charge in [0, 0.05) is 13.1 Å². The van der Waals surface area contributed by atoms with E-state index >= 15 is 0 Å². The number of aliphatic hydroxyl groups is 1. The third-order valence-corrected chi connectivity index (χ3v) is 6.09. The van der Waals surface area contributed by atoms with Gasteiger partial charge in [0.1, 0.15) is 0 Å². The van der Waals surface area contributed by atoms with Gasteiger partial charge in [0.2, 0.25) is 10.0 Å². The average molecular weight is 297 g/mol. The Balaban J connectivity index is 2.47. The third-order valence-electron chi connectivity index (χ3n) is 4.12. The summed E-state index contributed by atoms with van der Waals surface area (Å²) in [7, 11) is -3.47. The molecule has 0 unspecified atom stereocenters. The third kappa shape index (κ3) is 2.75. The summed E-state index contributed by atoms with van der Waals surface area (Å²) in [5.41, 5.74) is 2.34. The SMILES string of the molecule is Cc1cc(CO)cc(S(=O)(=O)N2CCC(C)(C)C2)c1C. The highest BCUT2D eigenvalue weighted by Gasteiger charge is 2.37. The molecule has 0 aromatic heterocycles. The second kappa shape index (κ2) is 5.13. The zero-order valence-electron chi connectivity index (χ0n) is 12.6. The van der Waals surface area contributed by atoms with Crippen molar-refractivity contribution in [2.75, 3.05) is 13.1 Å². The Morgan fingerprint density at radius 2 is 1.95 bits per heavy atom. The van der Waals surface area contributed by atoms with Crippen LogP contribution in [-0.2, 0) is 16.6 Å². The minimum Gasteiger partial charge on any atom is -0.392 e. The molecule has 0 spiro atoms. The predicted molar refractivity (Wildman–Crippen MR) is 79.0 cm³/mol. The number of sulfonamides is 1. The summed E-state index contributed by atoms with van der Waals surface area (Å²) < 4.78 is 27.2. The van der Waals surface area contributed by atoms with Crippen LogP contribution in [0.2, 0.25) is 0 Å². The minimum atomic E-state index is -3.47. The van der Waals surface area contributed by atoms with Gasteiger partial charge in [-0.2, -0.15) is 4.31 Å². The second-order valence-electron chi connectivity index (χ2n) is 6.45. The molecule has 0 aliphatic carbocycles. The van der Waals surface area contributed by atoms with E-state index < -0.39 is 10.0 Å². The van der Waals surface area contributed by atoms with Crippen LogP contribution in [0.1, 0.15) is 37.0 Å². The maximum atomic E-state index is 12.8. The molecule has 5 heteroatoms. The van der Waals surface area contributed by atoms with E-state index in [0.29, 0.717) is 23.5 Å². The Labute approximate surface area is 121 Å². The summed E-state index contributed by atoms with van der Waals surface area (Å²) in [6.45, 7) is 8.85. The van der Waals surface area contributed by atoms with Gasteiger partial charge in [-0.25, -0.2) is 8.42 Å². The van der Waals surface area contributed by atoms with E-state index in [1.165, 1.54) is 0 Å². The molecule has 20 heavy (non-hydrogen) atoms. The smallest absolute Gasteiger partial charge is 0.243 e. The summed E-state index contributed by atoms with van der Waals surface area (Å²) >= 11 is 0. The molecule has 1 aliphatic rings. The topological polar surface area (TPSA) is 57.6 Å². The fraction of sp³-hybridized carbons (Fsp3) is 0.600. The Bertz CT molecular complexity index is 620. The molecule has 4 nitrogen and oxygen atoms in total. The van der Waals surface area contributed by atoms with Crippen LogP contribution in [0.15, 0.2) is 17.0 Å². The van der Waals surface area contributed by atoms with Crippen molar-refractivity contribution >= 4 is 10.0 Å². The lowest BCUT2D eigenvalue weighted by molar-refractivity contribution is 0.281. The predicted octanol–water partition coefficient (Wildman–Crippen LogP) is 2.22. The van der Waals surface area contributed by atoms with Crippen LogP contribution in [0.25, 0.3) is 0 Å². The molecule has 1 aromatic rings. The molecule has 1 aliphatic heterocycles. The zero-order chi connectivity index (χ0) is 15.1. The molecule has 1 N–H and O–H groups in total. The van der Waals surface area contributed by atoms with Gasteiger partial charge in [-0.3, -0.25) is 0 Å². The molecular formula is C15H23NO3S. The van der Waals surface area contributed by atoms with E-state index in [-0.39, 0.29) is 12.0 Å². The minimum absolute atomic E-state index is 0.0323. The number of benzene rings is 1. The lowest BCUT2D eigenvalue weighted by Crippen LogP contribution is -2.31. The average Bonchev–Trinajstić information content (AvgIpc) is 2.73. The molecule has 1 fully saturated rings. The Morgan fingerprint density at radius 3 is 2.45 bits per heavy atom. The fourth-order valence-corrected chi connectivity index (χ4v) is 4.64. The standard InChI is InChI=1S/C15H23NO3S/c1-11-7-13(9-17)8-14(12(11)2)20(18,19)16-6-5-15(3,4)10-16/h7-8,17H,5-6,9-10H2,1-4H3. The first-order chi connectivity index (χ1) is 9.17. The molecule has 112 valence electrons. The number of hydrogen-bond donors (Lipinski definition) is 1. The summed E-state index contributed by atoms with van der Waals surface area (Å²) in [4.78, 5) is 0.333. The number of nitrogens with zero attached hydrogens (tertiary/aromatic N) is 1. The largest absolute Gasteiger partial charge is 0.392 e. The van der Waals surface area contributed by atoms with Crippen LogP contribution in [0.3, 0.4) is 0 Å². The normalized spacial score (nSPS) is 19.4. The van der Waals surface area contributed by atoms with Gasteiger partial charge in [0.15, 0.2) is 0 Å². The van der Waals surface area contributed by atoms with Gasteiger partial charge in [0.05, 0.1) is 11.5 Å². The van der Waals surface area contributed by atoms with E-state index in [2.05, 4.69) is 13.8 Å². The van der Waals surface area contributed by atoms with E-state index in [9.17, 15) is 13.5 Å². The molecule has 1 saturated heterocycles. The van der Waals surface area contributed by atoms with Crippen molar-refractivity contribution in [2.45, 2.75) is 45.6 Å². The lowest BCUT2D eigenvalue weighted by atomic mass is 9.93. The zero-order valence-corrected chi connectivity index (χ0v) is 13.4. The van der Waals surface area contributed by atoms with Gasteiger partial charge in [-0.15, -0.1) is 0 Å². The quantitative estimate of drug-likeness (QED) is 0.930. The highest BCUT2D eigenvalue weighted by molar-refractivity contribution is 7.89. The van der Waals surface area contributed by atoms with Crippen LogP contribution in [0, 0.1) is 19.3 Å². The van der Waals surface area contributed by atoms with E-state index in [0.717, 1.165) is 17.5 Å². The van der Waals surface area contributed by atoms with Crippen molar-refractivity contribution in [1.29, 1.82) is 0 Å². The monoisotopic (exact) mass is 297 g/mol. The highest BCUT2D eigenvalue weighted by atomic mass is 32.2. The van der Waals surface area contributed by atoms with Gasteiger partial charge in [-0.05, 0) is 48.4 Å². The van der Waals surface area contributed by atoms with Gasteiger partial charge < -0.3 is 5.11 Å².